The van der Waals surface area contributed by atoms with Crippen molar-refractivity contribution in [1.82, 2.24) is 29.6 Å². The van der Waals surface area contributed by atoms with Crippen LogP contribution in [0.4, 0.5) is 26.3 Å². The summed E-state index contributed by atoms with van der Waals surface area (Å²) in [5.74, 6) is -3.97. The van der Waals surface area contributed by atoms with Crippen molar-refractivity contribution < 1.29 is 39.6 Å². The summed E-state index contributed by atoms with van der Waals surface area (Å²) in [5, 5.41) is 1.77. The highest BCUT2D eigenvalue weighted by atomic mass is 32.2. The minimum absolute atomic E-state index is 0.00859. The first-order valence-corrected chi connectivity index (χ1v) is 12.3. The summed E-state index contributed by atoms with van der Waals surface area (Å²) in [6.45, 7) is 0.784. The Morgan fingerprint density at radius 3 is 2.37 bits per heavy atom. The number of amides is 1. The van der Waals surface area contributed by atoms with E-state index < -0.39 is 75.8 Å². The van der Waals surface area contributed by atoms with Gasteiger partial charge in [-0.15, -0.1) is 0 Å². The lowest BCUT2D eigenvalue weighted by Crippen LogP contribution is -2.48. The lowest BCUT2D eigenvalue weighted by molar-refractivity contribution is -0.145. The summed E-state index contributed by atoms with van der Waals surface area (Å²) in [5.41, 5.74) is -0.0884. The normalized spacial score (nSPS) is 20.4. The molecule has 3 atom stereocenters. The molecule has 38 heavy (non-hydrogen) atoms. The van der Waals surface area contributed by atoms with E-state index in [1.54, 1.807) is 0 Å². The molecule has 1 aliphatic heterocycles. The molecular formula is C22H18F6N6O3S. The number of sulfonamides is 1. The van der Waals surface area contributed by atoms with Crippen LogP contribution in [0.2, 0.25) is 0 Å². The Morgan fingerprint density at radius 1 is 1.08 bits per heavy atom. The highest BCUT2D eigenvalue weighted by Crippen LogP contribution is 2.33. The predicted octanol–water partition coefficient (Wildman–Crippen LogP) is 3.04. The van der Waals surface area contributed by atoms with Crippen LogP contribution in [-0.2, 0) is 27.5 Å². The van der Waals surface area contributed by atoms with Crippen molar-refractivity contribution >= 4 is 15.9 Å². The third-order valence-corrected chi connectivity index (χ3v) is 7.73. The molecule has 1 aliphatic rings. The first kappa shape index (κ1) is 27.4. The topological polar surface area (TPSA) is 118 Å². The van der Waals surface area contributed by atoms with Gasteiger partial charge in [0.1, 0.15) is 23.8 Å². The Kier molecular flexibility index (Phi) is 7.38. The summed E-state index contributed by atoms with van der Waals surface area (Å²) in [6, 6.07) is 0.134. The summed E-state index contributed by atoms with van der Waals surface area (Å²) in [6.07, 6.45) is -3.79. The molecule has 1 N–H and O–H groups in total. The molecule has 9 nitrogen and oxygen atoms in total. The Bertz CT molecular complexity index is 1440. The van der Waals surface area contributed by atoms with E-state index in [4.69, 9.17) is 0 Å². The molecule has 0 bridgehead atoms. The number of nitrogens with one attached hydrogen (secondary N) is 1. The minimum atomic E-state index is -4.76. The summed E-state index contributed by atoms with van der Waals surface area (Å²) < 4.78 is 107. The molecule has 3 aromatic rings. The quantitative estimate of drug-likeness (QED) is 0.461. The molecule has 1 fully saturated rings. The van der Waals surface area contributed by atoms with Crippen molar-refractivity contribution in [1.29, 1.82) is 0 Å². The smallest absolute Gasteiger partial charge is 0.351 e. The van der Waals surface area contributed by atoms with Crippen molar-refractivity contribution in [3.05, 3.63) is 66.0 Å². The summed E-state index contributed by atoms with van der Waals surface area (Å²) >= 11 is 0. The van der Waals surface area contributed by atoms with E-state index >= 15 is 0 Å². The number of pyridine rings is 2. The van der Waals surface area contributed by atoms with E-state index in [0.29, 0.717) is 10.5 Å². The number of alkyl halides is 4. The molecule has 0 unspecified atom stereocenters. The van der Waals surface area contributed by atoms with Crippen LogP contribution in [0.5, 0.6) is 0 Å². The summed E-state index contributed by atoms with van der Waals surface area (Å²) in [7, 11) is -4.50. The molecule has 1 amide bonds. The maximum Gasteiger partial charge on any atom is 0.451 e. The predicted molar refractivity (Wildman–Crippen MR) is 118 cm³/mol. The second-order valence-corrected chi connectivity index (χ2v) is 10.1. The first-order valence-electron chi connectivity index (χ1n) is 10.9. The number of hydrogen-bond acceptors (Lipinski definition) is 7. The number of aromatic nitrogens is 4. The van der Waals surface area contributed by atoms with Crippen molar-refractivity contribution in [2.75, 3.05) is 0 Å². The van der Waals surface area contributed by atoms with Gasteiger partial charge in [-0.05, 0) is 25.1 Å². The van der Waals surface area contributed by atoms with Crippen LogP contribution in [0.15, 0.2) is 48.0 Å². The average Bonchev–Trinajstić information content (AvgIpc) is 3.18. The Labute approximate surface area is 212 Å². The highest BCUT2D eigenvalue weighted by molar-refractivity contribution is 7.89. The molecule has 0 spiro atoms. The lowest BCUT2D eigenvalue weighted by atomic mass is 10.1. The van der Waals surface area contributed by atoms with E-state index in [-0.39, 0.29) is 16.8 Å². The van der Waals surface area contributed by atoms with Crippen LogP contribution in [0, 0.1) is 11.6 Å². The van der Waals surface area contributed by atoms with Crippen LogP contribution >= 0.6 is 0 Å². The van der Waals surface area contributed by atoms with Gasteiger partial charge in [0.15, 0.2) is 5.03 Å². The fourth-order valence-corrected chi connectivity index (χ4v) is 5.60. The standard InChI is InChI=1S/C22H18F6N6O3S/c1-11-15(24)5-18(34(11)38(36,37)19-3-2-14(23)9-30-19)20(35)31-6-12-4-17(29-10-16(12)25)13-7-32-21(33-8-13)22(26,27)28/h2-4,7-11,15,18H,5-6H2,1H3,(H,31,35)/t11-,15+,18-/m0/s1. The fourth-order valence-electron chi connectivity index (χ4n) is 3.87. The van der Waals surface area contributed by atoms with Crippen LogP contribution in [0.25, 0.3) is 11.3 Å². The number of carbonyl (C=O) groups excluding carboxylic acids is 1. The molecule has 4 heterocycles. The third-order valence-electron chi connectivity index (χ3n) is 5.81. The van der Waals surface area contributed by atoms with Crippen molar-refractivity contribution in [2.45, 2.75) is 49.3 Å². The van der Waals surface area contributed by atoms with Crippen molar-refractivity contribution in [3.8, 4) is 11.3 Å². The molecule has 0 radical (unpaired) electrons. The molecule has 0 aromatic carbocycles. The SMILES string of the molecule is C[C@H]1[C@H](F)C[C@@H](C(=O)NCc2cc(-c3cnc(C(F)(F)F)nc3)ncc2F)N1S(=O)(=O)c1ccc(F)cn1. The molecule has 0 aliphatic carbocycles. The molecule has 3 aromatic heterocycles. The third kappa shape index (κ3) is 5.45. The van der Waals surface area contributed by atoms with Gasteiger partial charge in [0, 0.05) is 36.5 Å². The average molecular weight is 560 g/mol. The van der Waals surface area contributed by atoms with Crippen LogP contribution < -0.4 is 5.32 Å². The lowest BCUT2D eigenvalue weighted by Gasteiger charge is -2.26. The molecule has 4 rings (SSSR count). The number of hydrogen-bond donors (Lipinski definition) is 1. The molecule has 16 heteroatoms. The maximum absolute atomic E-state index is 14.5. The second kappa shape index (κ2) is 10.2. The van der Waals surface area contributed by atoms with Gasteiger partial charge in [0.2, 0.25) is 11.7 Å². The van der Waals surface area contributed by atoms with Crippen LogP contribution in [0.1, 0.15) is 24.7 Å². The Morgan fingerprint density at radius 2 is 1.76 bits per heavy atom. The van der Waals surface area contributed by atoms with Gasteiger partial charge < -0.3 is 5.32 Å². The zero-order valence-corrected chi connectivity index (χ0v) is 20.1. The number of nitrogens with zero attached hydrogens (tertiary/aromatic N) is 5. The zero-order valence-electron chi connectivity index (χ0n) is 19.3. The monoisotopic (exact) mass is 560 g/mol. The van der Waals surface area contributed by atoms with Crippen LogP contribution in [-0.4, -0.2) is 56.8 Å². The van der Waals surface area contributed by atoms with E-state index in [9.17, 15) is 39.6 Å². The molecule has 1 saturated heterocycles. The summed E-state index contributed by atoms with van der Waals surface area (Å²) in [4.78, 5) is 26.7. The zero-order chi connectivity index (χ0) is 27.8. The van der Waals surface area contributed by atoms with E-state index in [2.05, 4.69) is 25.3 Å². The number of halogens is 6. The number of carbonyl (C=O) groups is 1. The Hall–Kier alpha value is -3.66. The molecule has 202 valence electrons. The van der Waals surface area contributed by atoms with Crippen molar-refractivity contribution in [3.63, 3.8) is 0 Å². The highest BCUT2D eigenvalue weighted by Gasteiger charge is 2.49. The maximum atomic E-state index is 14.5. The van der Waals surface area contributed by atoms with Gasteiger partial charge >= 0.3 is 6.18 Å². The largest absolute Gasteiger partial charge is 0.451 e. The molecular weight excluding hydrogens is 542 g/mol. The van der Waals surface area contributed by atoms with Crippen LogP contribution in [0.3, 0.4) is 0 Å². The van der Waals surface area contributed by atoms with Gasteiger partial charge in [-0.25, -0.2) is 36.5 Å². The van der Waals surface area contributed by atoms with Gasteiger partial charge in [0.25, 0.3) is 10.0 Å². The second-order valence-electron chi connectivity index (χ2n) is 8.33. The van der Waals surface area contributed by atoms with E-state index in [0.717, 1.165) is 36.8 Å². The van der Waals surface area contributed by atoms with Gasteiger partial charge in [-0.1, -0.05) is 0 Å². The number of rotatable bonds is 6. The van der Waals surface area contributed by atoms with Gasteiger partial charge in [0.05, 0.1) is 24.1 Å². The molecule has 0 saturated carbocycles. The first-order chi connectivity index (χ1) is 17.8. The van der Waals surface area contributed by atoms with Gasteiger partial charge in [-0.2, -0.15) is 17.5 Å². The van der Waals surface area contributed by atoms with E-state index in [1.165, 1.54) is 6.92 Å². The van der Waals surface area contributed by atoms with Gasteiger partial charge in [-0.3, -0.25) is 9.78 Å². The van der Waals surface area contributed by atoms with E-state index in [1.807, 2.05) is 0 Å². The van der Waals surface area contributed by atoms with Crippen molar-refractivity contribution in [2.24, 2.45) is 0 Å². The fraction of sp³-hybridized carbons (Fsp3) is 0.318. The Balaban J connectivity index is 1.53. The minimum Gasteiger partial charge on any atom is -0.351 e.